The molecule has 1 amide bonds. The number of hydrogen-bond acceptors (Lipinski definition) is 3. The van der Waals surface area contributed by atoms with Crippen LogP contribution in [0.3, 0.4) is 0 Å². The Hall–Kier alpha value is -2.99. The molecule has 180 valence electrons. The van der Waals surface area contributed by atoms with Crippen molar-refractivity contribution in [1.29, 1.82) is 0 Å². The van der Waals surface area contributed by atoms with Gasteiger partial charge in [0.15, 0.2) is 5.43 Å². The minimum absolute atomic E-state index is 0.0465. The molecule has 1 saturated heterocycles. The van der Waals surface area contributed by atoms with E-state index in [1.807, 2.05) is 29.0 Å². The lowest BCUT2D eigenvalue weighted by Gasteiger charge is -2.33. The number of pyridine rings is 1. The van der Waals surface area contributed by atoms with Gasteiger partial charge >= 0.3 is 0 Å². The quantitative estimate of drug-likeness (QED) is 0.575. The number of aryl methyl sites for hydroxylation is 2. The molecule has 0 radical (unpaired) electrons. The highest BCUT2D eigenvalue weighted by Crippen LogP contribution is 2.33. The smallest absolute Gasteiger partial charge is 0.227 e. The number of aliphatic hydroxyl groups excluding tert-OH is 1. The number of fused-ring (bicyclic) bond motifs is 1. The molecule has 2 heterocycles. The van der Waals surface area contributed by atoms with Crippen LogP contribution < -0.4 is 10.3 Å². The molecule has 3 aromatic rings. The van der Waals surface area contributed by atoms with Crippen LogP contribution in [0.2, 0.25) is 0 Å². The Morgan fingerprint density at radius 1 is 1.09 bits per heavy atom. The summed E-state index contributed by atoms with van der Waals surface area (Å²) in [6.07, 6.45) is 3.46. The molecule has 0 bridgehead atoms. The maximum Gasteiger partial charge on any atom is 0.227 e. The molecule has 0 saturated carbocycles. The number of nitrogens with zero attached hydrogens (tertiary/aromatic N) is 2. The van der Waals surface area contributed by atoms with E-state index in [1.165, 1.54) is 0 Å². The predicted molar refractivity (Wildman–Crippen MR) is 134 cm³/mol. The van der Waals surface area contributed by atoms with E-state index >= 15 is 4.39 Å². The average molecular weight is 465 g/mol. The second kappa shape index (κ2) is 8.99. The van der Waals surface area contributed by atoms with Crippen molar-refractivity contribution in [3.8, 4) is 0 Å². The van der Waals surface area contributed by atoms with Crippen LogP contribution in [0, 0.1) is 25.1 Å². The van der Waals surface area contributed by atoms with Gasteiger partial charge in [-0.05, 0) is 66.6 Å². The molecule has 4 rings (SSSR count). The molecule has 1 aromatic heterocycles. The number of benzene rings is 2. The normalized spacial score (nSPS) is 15.4. The number of amides is 1. The predicted octanol–water partition coefficient (Wildman–Crippen LogP) is 5.05. The summed E-state index contributed by atoms with van der Waals surface area (Å²) in [5.74, 6) is -0.221. The summed E-state index contributed by atoms with van der Waals surface area (Å²) in [5.41, 5.74) is 3.63. The van der Waals surface area contributed by atoms with E-state index in [9.17, 15) is 14.7 Å². The van der Waals surface area contributed by atoms with E-state index in [0.29, 0.717) is 41.5 Å². The number of anilines is 1. The maximum absolute atomic E-state index is 15.1. The number of rotatable bonds is 5. The van der Waals surface area contributed by atoms with Crippen molar-refractivity contribution in [1.82, 2.24) is 4.57 Å². The largest absolute Gasteiger partial charge is 0.394 e. The molecular formula is C28H33FN2O3. The zero-order valence-corrected chi connectivity index (χ0v) is 20.6. The molecule has 5 nitrogen and oxygen atoms in total. The van der Waals surface area contributed by atoms with Gasteiger partial charge in [0.25, 0.3) is 0 Å². The van der Waals surface area contributed by atoms with Crippen LogP contribution in [0.25, 0.3) is 10.9 Å². The third-order valence-electron chi connectivity index (χ3n) is 6.88. The standard InChI is InChI=1S/C28H33FN2O3/c1-17-11-21(30-10-6-7-25(30)33)14-20(26(17)29)12-19-8-9-23-22(13-19)27(34)18(2)15-31(23)24(16-32)28(3,4)5/h8-9,11,13-15,24,32H,6-7,10,12,16H2,1-5H3. The van der Waals surface area contributed by atoms with Gasteiger partial charge in [-0.3, -0.25) is 9.59 Å². The number of carbonyl (C=O) groups is 1. The van der Waals surface area contributed by atoms with Gasteiger partial charge in [0, 0.05) is 42.2 Å². The van der Waals surface area contributed by atoms with Gasteiger partial charge in [0.1, 0.15) is 5.82 Å². The second-order valence-corrected chi connectivity index (χ2v) is 10.5. The zero-order valence-electron chi connectivity index (χ0n) is 20.6. The molecule has 0 spiro atoms. The Bertz CT molecular complexity index is 1320. The number of aliphatic hydroxyl groups is 1. The Morgan fingerprint density at radius 2 is 1.82 bits per heavy atom. The Morgan fingerprint density at radius 3 is 2.44 bits per heavy atom. The van der Waals surface area contributed by atoms with Gasteiger partial charge in [0.05, 0.1) is 18.2 Å². The Kier molecular flexibility index (Phi) is 6.38. The fourth-order valence-electron chi connectivity index (χ4n) is 4.93. The van der Waals surface area contributed by atoms with Crippen LogP contribution in [-0.2, 0) is 11.2 Å². The molecule has 1 atom stereocenters. The molecule has 6 heteroatoms. The third kappa shape index (κ3) is 4.39. The molecule has 1 aliphatic rings. The first-order valence-corrected chi connectivity index (χ1v) is 11.9. The summed E-state index contributed by atoms with van der Waals surface area (Å²) in [4.78, 5) is 27.0. The first kappa shape index (κ1) is 24.1. The highest BCUT2D eigenvalue weighted by Gasteiger charge is 2.27. The van der Waals surface area contributed by atoms with Crippen molar-refractivity contribution >= 4 is 22.5 Å². The molecule has 2 aromatic carbocycles. The number of hydrogen-bond donors (Lipinski definition) is 1. The van der Waals surface area contributed by atoms with Gasteiger partial charge in [0.2, 0.25) is 5.91 Å². The zero-order chi connectivity index (χ0) is 24.8. The highest BCUT2D eigenvalue weighted by atomic mass is 19.1. The summed E-state index contributed by atoms with van der Waals surface area (Å²) in [7, 11) is 0. The minimum Gasteiger partial charge on any atom is -0.394 e. The molecule has 34 heavy (non-hydrogen) atoms. The van der Waals surface area contributed by atoms with Gasteiger partial charge in [-0.15, -0.1) is 0 Å². The molecule has 0 aliphatic carbocycles. The summed E-state index contributed by atoms with van der Waals surface area (Å²) >= 11 is 0. The van der Waals surface area contributed by atoms with Gasteiger partial charge in [-0.1, -0.05) is 26.8 Å². The van der Waals surface area contributed by atoms with Crippen LogP contribution in [0.15, 0.2) is 41.3 Å². The summed E-state index contributed by atoms with van der Waals surface area (Å²) in [6.45, 7) is 10.3. The van der Waals surface area contributed by atoms with Crippen LogP contribution in [0.1, 0.15) is 61.9 Å². The first-order valence-electron chi connectivity index (χ1n) is 11.9. The monoisotopic (exact) mass is 464 g/mol. The van der Waals surface area contributed by atoms with E-state index in [0.717, 1.165) is 23.2 Å². The van der Waals surface area contributed by atoms with E-state index in [2.05, 4.69) is 20.8 Å². The van der Waals surface area contributed by atoms with Crippen LogP contribution in [-0.4, -0.2) is 28.7 Å². The van der Waals surface area contributed by atoms with Crippen LogP contribution >= 0.6 is 0 Å². The fourth-order valence-corrected chi connectivity index (χ4v) is 4.93. The number of halogens is 1. The van der Waals surface area contributed by atoms with E-state index in [4.69, 9.17) is 0 Å². The first-order chi connectivity index (χ1) is 16.0. The SMILES string of the molecule is Cc1cc(N2CCCC2=O)cc(Cc2ccc3c(c2)c(=O)c(C)cn3C(CO)C(C)(C)C)c1F. The van der Waals surface area contributed by atoms with Crippen molar-refractivity contribution in [3.05, 3.63) is 74.8 Å². The summed E-state index contributed by atoms with van der Waals surface area (Å²) < 4.78 is 17.0. The summed E-state index contributed by atoms with van der Waals surface area (Å²) in [5, 5.41) is 10.7. The van der Waals surface area contributed by atoms with E-state index in [-0.39, 0.29) is 35.2 Å². The lowest BCUT2D eigenvalue weighted by atomic mass is 9.86. The average Bonchev–Trinajstić information content (AvgIpc) is 3.20. The molecule has 1 fully saturated rings. The van der Waals surface area contributed by atoms with E-state index in [1.54, 1.807) is 30.9 Å². The lowest BCUT2D eigenvalue weighted by Crippen LogP contribution is -2.29. The maximum atomic E-state index is 15.1. The third-order valence-corrected chi connectivity index (χ3v) is 6.88. The fraction of sp³-hybridized carbons (Fsp3) is 0.429. The van der Waals surface area contributed by atoms with Crippen molar-refractivity contribution in [3.63, 3.8) is 0 Å². The van der Waals surface area contributed by atoms with Gasteiger partial charge in [-0.25, -0.2) is 4.39 Å². The Balaban J connectivity index is 1.79. The van der Waals surface area contributed by atoms with Crippen molar-refractivity contribution in [2.75, 3.05) is 18.1 Å². The van der Waals surface area contributed by atoms with Crippen molar-refractivity contribution in [2.24, 2.45) is 5.41 Å². The van der Waals surface area contributed by atoms with Crippen molar-refractivity contribution < 1.29 is 14.3 Å². The molecule has 1 N–H and O–H groups in total. The topological polar surface area (TPSA) is 62.5 Å². The Labute approximate surface area is 199 Å². The minimum atomic E-state index is -0.287. The molecule has 1 unspecified atom stereocenters. The number of carbonyl (C=O) groups excluding carboxylic acids is 1. The van der Waals surface area contributed by atoms with Crippen molar-refractivity contribution in [2.45, 2.75) is 59.9 Å². The highest BCUT2D eigenvalue weighted by molar-refractivity contribution is 5.95. The lowest BCUT2D eigenvalue weighted by molar-refractivity contribution is -0.117. The number of aromatic nitrogens is 1. The van der Waals surface area contributed by atoms with Crippen LogP contribution in [0.4, 0.5) is 10.1 Å². The van der Waals surface area contributed by atoms with Gasteiger partial charge < -0.3 is 14.6 Å². The summed E-state index contributed by atoms with van der Waals surface area (Å²) in [6, 6.07) is 8.92. The van der Waals surface area contributed by atoms with Gasteiger partial charge in [-0.2, -0.15) is 0 Å². The van der Waals surface area contributed by atoms with Crippen LogP contribution in [0.5, 0.6) is 0 Å². The molecular weight excluding hydrogens is 431 g/mol. The van der Waals surface area contributed by atoms with E-state index < -0.39 is 0 Å². The second-order valence-electron chi connectivity index (χ2n) is 10.5. The molecule has 1 aliphatic heterocycles.